The number of ether oxygens (including phenoxy) is 2. The summed E-state index contributed by atoms with van der Waals surface area (Å²) in [6, 6.07) is 0. The van der Waals surface area contributed by atoms with E-state index in [1.807, 2.05) is 6.92 Å². The van der Waals surface area contributed by atoms with Gasteiger partial charge < -0.3 is 9.47 Å². The first-order valence-electron chi connectivity index (χ1n) is 2.85. The van der Waals surface area contributed by atoms with E-state index in [1.54, 1.807) is 0 Å². The molecule has 44 valence electrons. The summed E-state index contributed by atoms with van der Waals surface area (Å²) in [6.45, 7) is 2.91. The van der Waals surface area contributed by atoms with Crippen molar-refractivity contribution in [3.05, 3.63) is 11.5 Å². The topological polar surface area (TPSA) is 25.1 Å². The van der Waals surface area contributed by atoms with Gasteiger partial charge in [-0.3, -0.25) is 0 Å². The monoisotopic (exact) mass is 112 g/mol. The Hall–Kier alpha value is -0.500. The van der Waals surface area contributed by atoms with E-state index in [2.05, 4.69) is 0 Å². The zero-order valence-electron chi connectivity index (χ0n) is 4.81. The average Bonchev–Trinajstić information content (AvgIpc) is 2.52. The highest BCUT2D eigenvalue weighted by Crippen LogP contribution is 2.33. The molecule has 0 aromatic carbocycles. The lowest BCUT2D eigenvalue weighted by atomic mass is 10.3. The van der Waals surface area contributed by atoms with Crippen LogP contribution in [0.2, 0.25) is 0 Å². The molecule has 2 heteroatoms. The van der Waals surface area contributed by atoms with Gasteiger partial charge in [0.15, 0.2) is 0 Å². The third-order valence-electron chi connectivity index (χ3n) is 1.44. The summed E-state index contributed by atoms with van der Waals surface area (Å²) < 4.78 is 10.0. The smallest absolute Gasteiger partial charge is 0.144 e. The summed E-state index contributed by atoms with van der Waals surface area (Å²) in [5.74, 6) is 2.24. The van der Waals surface area contributed by atoms with Gasteiger partial charge in [0.25, 0.3) is 0 Å². The Morgan fingerprint density at radius 2 is 2.38 bits per heavy atom. The number of epoxide rings is 1. The molecule has 0 radical (unpaired) electrons. The van der Waals surface area contributed by atoms with Crippen LogP contribution < -0.4 is 0 Å². The molecule has 2 aliphatic rings. The van der Waals surface area contributed by atoms with Gasteiger partial charge in [-0.15, -0.1) is 0 Å². The molecule has 0 bridgehead atoms. The van der Waals surface area contributed by atoms with Crippen LogP contribution in [0.15, 0.2) is 11.5 Å². The minimum absolute atomic E-state index is 0.488. The van der Waals surface area contributed by atoms with E-state index in [0.29, 0.717) is 6.10 Å². The van der Waals surface area contributed by atoms with Gasteiger partial charge in [-0.1, -0.05) is 0 Å². The van der Waals surface area contributed by atoms with Crippen molar-refractivity contribution in [2.45, 2.75) is 19.4 Å². The fraction of sp³-hybridized carbons (Fsp3) is 0.667. The third kappa shape index (κ3) is 0.713. The summed E-state index contributed by atoms with van der Waals surface area (Å²) in [6.07, 6.45) is 1.49. The van der Waals surface area contributed by atoms with Crippen molar-refractivity contribution in [3.8, 4) is 0 Å². The first-order chi connectivity index (χ1) is 3.86. The number of rotatable bonds is 2. The Labute approximate surface area is 48.1 Å². The molecule has 0 saturated carbocycles. The first-order valence-corrected chi connectivity index (χ1v) is 2.85. The average molecular weight is 112 g/mol. The second-order valence-corrected chi connectivity index (χ2v) is 2.24. The number of allylic oxidation sites excluding steroid dienone is 1. The van der Waals surface area contributed by atoms with Gasteiger partial charge in [-0.05, 0) is 6.92 Å². The predicted octanol–water partition coefficient (Wildman–Crippen LogP) is 1.04. The first kappa shape index (κ1) is 4.39. The Morgan fingerprint density at radius 3 is 2.75 bits per heavy atom. The molecule has 2 rings (SSSR count). The zero-order valence-corrected chi connectivity index (χ0v) is 4.81. The molecular weight excluding hydrogens is 104 g/mol. The predicted molar refractivity (Wildman–Crippen MR) is 28.1 cm³/mol. The molecule has 0 aliphatic carbocycles. The minimum atomic E-state index is 0.488. The molecule has 1 fully saturated rings. The van der Waals surface area contributed by atoms with Gasteiger partial charge in [0.1, 0.15) is 11.5 Å². The molecule has 1 saturated heterocycles. The Bertz CT molecular complexity index is 145. The van der Waals surface area contributed by atoms with E-state index in [9.17, 15) is 0 Å². The summed E-state index contributed by atoms with van der Waals surface area (Å²) in [7, 11) is 0. The maximum atomic E-state index is 5.02. The standard InChI is InChI=1S/C6H8O2/c1-4-6(8-4)2-5-3-7-5/h5H,2-3H2,1H3. The van der Waals surface area contributed by atoms with Gasteiger partial charge >= 0.3 is 0 Å². The highest BCUT2D eigenvalue weighted by atomic mass is 16.6. The summed E-state index contributed by atoms with van der Waals surface area (Å²) in [4.78, 5) is 0. The van der Waals surface area contributed by atoms with Crippen LogP contribution in [0.3, 0.4) is 0 Å². The van der Waals surface area contributed by atoms with Crippen molar-refractivity contribution in [1.29, 1.82) is 0 Å². The second-order valence-electron chi connectivity index (χ2n) is 2.24. The fourth-order valence-electron chi connectivity index (χ4n) is 0.737. The molecule has 0 spiro atoms. The van der Waals surface area contributed by atoms with Crippen molar-refractivity contribution in [1.82, 2.24) is 0 Å². The van der Waals surface area contributed by atoms with E-state index in [1.165, 1.54) is 0 Å². The molecule has 2 heterocycles. The molecule has 2 nitrogen and oxygen atoms in total. The Balaban J connectivity index is 1.84. The normalized spacial score (nSPS) is 32.4. The van der Waals surface area contributed by atoms with E-state index in [-0.39, 0.29) is 0 Å². The molecule has 2 aliphatic heterocycles. The Morgan fingerprint density at radius 1 is 1.75 bits per heavy atom. The van der Waals surface area contributed by atoms with Crippen LogP contribution in [0.5, 0.6) is 0 Å². The quantitative estimate of drug-likeness (QED) is 0.498. The molecule has 0 N–H and O–H groups in total. The van der Waals surface area contributed by atoms with Crippen molar-refractivity contribution in [2.24, 2.45) is 0 Å². The molecule has 8 heavy (non-hydrogen) atoms. The highest BCUT2D eigenvalue weighted by Gasteiger charge is 2.31. The number of hydrogen-bond donors (Lipinski definition) is 0. The van der Waals surface area contributed by atoms with E-state index in [4.69, 9.17) is 9.47 Å². The summed E-state index contributed by atoms with van der Waals surface area (Å²) >= 11 is 0. The van der Waals surface area contributed by atoms with Crippen LogP contribution in [0.25, 0.3) is 0 Å². The van der Waals surface area contributed by atoms with E-state index in [0.717, 1.165) is 24.5 Å². The lowest BCUT2D eigenvalue weighted by molar-refractivity contribution is 0.382. The van der Waals surface area contributed by atoms with Crippen LogP contribution in [0.4, 0.5) is 0 Å². The van der Waals surface area contributed by atoms with Crippen LogP contribution in [0.1, 0.15) is 13.3 Å². The van der Waals surface area contributed by atoms with Crippen LogP contribution in [-0.2, 0) is 9.47 Å². The third-order valence-corrected chi connectivity index (χ3v) is 1.44. The van der Waals surface area contributed by atoms with Gasteiger partial charge in [0.2, 0.25) is 0 Å². The molecule has 0 aromatic heterocycles. The zero-order chi connectivity index (χ0) is 5.56. The van der Waals surface area contributed by atoms with Crippen molar-refractivity contribution < 1.29 is 9.47 Å². The molecule has 0 aromatic rings. The highest BCUT2D eigenvalue weighted by molar-refractivity contribution is 5.16. The maximum absolute atomic E-state index is 5.02. The van der Waals surface area contributed by atoms with Crippen molar-refractivity contribution in [2.75, 3.05) is 6.61 Å². The van der Waals surface area contributed by atoms with Crippen LogP contribution >= 0.6 is 0 Å². The summed E-state index contributed by atoms with van der Waals surface area (Å²) in [5, 5.41) is 0. The van der Waals surface area contributed by atoms with Gasteiger partial charge in [0, 0.05) is 6.42 Å². The van der Waals surface area contributed by atoms with Crippen LogP contribution in [0, 0.1) is 0 Å². The van der Waals surface area contributed by atoms with E-state index >= 15 is 0 Å². The van der Waals surface area contributed by atoms with Gasteiger partial charge in [-0.25, -0.2) is 0 Å². The SMILES string of the molecule is CC1=C(CC2CO2)O1. The second kappa shape index (κ2) is 1.26. The molecule has 0 amide bonds. The number of hydrogen-bond acceptors (Lipinski definition) is 2. The Kier molecular flexibility index (Phi) is 0.690. The van der Waals surface area contributed by atoms with Gasteiger partial charge in [-0.2, -0.15) is 0 Å². The lowest BCUT2D eigenvalue weighted by Crippen LogP contribution is -1.79. The summed E-state index contributed by atoms with van der Waals surface area (Å²) in [5.41, 5.74) is 0. The van der Waals surface area contributed by atoms with Crippen LogP contribution in [-0.4, -0.2) is 12.7 Å². The largest absolute Gasteiger partial charge is 0.459 e. The molecular formula is C6H8O2. The molecule has 1 unspecified atom stereocenters. The minimum Gasteiger partial charge on any atom is -0.459 e. The van der Waals surface area contributed by atoms with E-state index < -0.39 is 0 Å². The van der Waals surface area contributed by atoms with Crippen molar-refractivity contribution in [3.63, 3.8) is 0 Å². The maximum Gasteiger partial charge on any atom is 0.144 e. The fourth-order valence-corrected chi connectivity index (χ4v) is 0.737. The molecule has 1 atom stereocenters. The van der Waals surface area contributed by atoms with Crippen molar-refractivity contribution >= 4 is 0 Å². The lowest BCUT2D eigenvalue weighted by Gasteiger charge is -1.77. The van der Waals surface area contributed by atoms with Gasteiger partial charge in [0.05, 0.1) is 12.7 Å².